The van der Waals surface area contributed by atoms with Crippen molar-refractivity contribution < 1.29 is 4.39 Å². The molecule has 1 aromatic heterocycles. The minimum absolute atomic E-state index is 0.179. The Hall–Kier alpha value is -1.68. The first-order chi connectivity index (χ1) is 9.24. The minimum atomic E-state index is -0.179. The molecule has 3 nitrogen and oxygen atoms in total. The van der Waals surface area contributed by atoms with Gasteiger partial charge >= 0.3 is 0 Å². The fourth-order valence-corrected chi connectivity index (χ4v) is 2.47. The van der Waals surface area contributed by atoms with Gasteiger partial charge in [0.15, 0.2) is 0 Å². The molecule has 100 valence electrons. The summed E-state index contributed by atoms with van der Waals surface area (Å²) in [6.07, 6.45) is 6.23. The van der Waals surface area contributed by atoms with Crippen LogP contribution in [0.2, 0.25) is 0 Å². The van der Waals surface area contributed by atoms with E-state index in [4.69, 9.17) is 0 Å². The molecule has 2 aromatic rings. The molecule has 4 heteroatoms. The second-order valence-corrected chi connectivity index (χ2v) is 5.29. The Labute approximate surface area is 112 Å². The van der Waals surface area contributed by atoms with Crippen molar-refractivity contribution in [3.63, 3.8) is 0 Å². The Morgan fingerprint density at radius 2 is 2.00 bits per heavy atom. The van der Waals surface area contributed by atoms with Crippen LogP contribution in [0.3, 0.4) is 0 Å². The molecule has 0 spiro atoms. The lowest BCUT2D eigenvalue weighted by Gasteiger charge is -2.23. The van der Waals surface area contributed by atoms with Crippen LogP contribution in [0.1, 0.15) is 43.0 Å². The summed E-state index contributed by atoms with van der Waals surface area (Å²) < 4.78 is 13.0. The normalized spacial score (nSPS) is 18.2. The predicted molar refractivity (Wildman–Crippen MR) is 72.0 cm³/mol. The van der Waals surface area contributed by atoms with Gasteiger partial charge in [0.25, 0.3) is 0 Å². The maximum absolute atomic E-state index is 13.0. The van der Waals surface area contributed by atoms with E-state index in [2.05, 4.69) is 22.4 Å². The van der Waals surface area contributed by atoms with Crippen LogP contribution in [0.4, 0.5) is 4.39 Å². The van der Waals surface area contributed by atoms with Crippen molar-refractivity contribution in [2.24, 2.45) is 5.92 Å². The SMILES string of the molecule is CC(NC(c1ccc(F)cc1)C1CC1)c1cn[nH]c1. The summed E-state index contributed by atoms with van der Waals surface area (Å²) in [6, 6.07) is 7.37. The molecule has 0 amide bonds. The molecule has 1 fully saturated rings. The summed E-state index contributed by atoms with van der Waals surface area (Å²) in [7, 11) is 0. The van der Waals surface area contributed by atoms with Gasteiger partial charge in [-0.25, -0.2) is 4.39 Å². The van der Waals surface area contributed by atoms with Crippen LogP contribution in [0.15, 0.2) is 36.7 Å². The van der Waals surface area contributed by atoms with Crippen LogP contribution in [0.5, 0.6) is 0 Å². The van der Waals surface area contributed by atoms with E-state index in [1.807, 2.05) is 24.5 Å². The molecular formula is C15H18FN3. The Bertz CT molecular complexity index is 517. The van der Waals surface area contributed by atoms with Crippen molar-refractivity contribution >= 4 is 0 Å². The number of hydrogen-bond donors (Lipinski definition) is 2. The van der Waals surface area contributed by atoms with Gasteiger partial charge in [-0.15, -0.1) is 0 Å². The van der Waals surface area contributed by atoms with Gasteiger partial charge in [0.2, 0.25) is 0 Å². The van der Waals surface area contributed by atoms with Gasteiger partial charge in [-0.2, -0.15) is 5.10 Å². The molecular weight excluding hydrogens is 241 g/mol. The van der Waals surface area contributed by atoms with Gasteiger partial charge in [0.05, 0.1) is 6.20 Å². The Morgan fingerprint density at radius 3 is 2.58 bits per heavy atom. The van der Waals surface area contributed by atoms with Crippen LogP contribution in [-0.2, 0) is 0 Å². The van der Waals surface area contributed by atoms with E-state index in [9.17, 15) is 4.39 Å². The van der Waals surface area contributed by atoms with E-state index < -0.39 is 0 Å². The molecule has 2 N–H and O–H groups in total. The van der Waals surface area contributed by atoms with Crippen LogP contribution in [0, 0.1) is 11.7 Å². The van der Waals surface area contributed by atoms with Crippen molar-refractivity contribution in [1.29, 1.82) is 0 Å². The highest BCUT2D eigenvalue weighted by Gasteiger charge is 2.33. The first-order valence-electron chi connectivity index (χ1n) is 6.74. The van der Waals surface area contributed by atoms with Crippen LogP contribution < -0.4 is 5.32 Å². The number of nitrogens with one attached hydrogen (secondary N) is 2. The molecule has 19 heavy (non-hydrogen) atoms. The lowest BCUT2D eigenvalue weighted by molar-refractivity contribution is 0.427. The average Bonchev–Trinajstić information content (AvgIpc) is 3.10. The number of nitrogens with zero attached hydrogens (tertiary/aromatic N) is 1. The smallest absolute Gasteiger partial charge is 0.123 e. The molecule has 1 aromatic carbocycles. The van der Waals surface area contributed by atoms with E-state index in [1.165, 1.54) is 30.5 Å². The number of rotatable bonds is 5. The zero-order chi connectivity index (χ0) is 13.2. The number of hydrogen-bond acceptors (Lipinski definition) is 2. The number of aromatic amines is 1. The first-order valence-corrected chi connectivity index (χ1v) is 6.74. The van der Waals surface area contributed by atoms with Crippen molar-refractivity contribution in [3.8, 4) is 0 Å². The van der Waals surface area contributed by atoms with E-state index in [-0.39, 0.29) is 11.9 Å². The molecule has 1 saturated carbocycles. The molecule has 1 heterocycles. The van der Waals surface area contributed by atoms with Crippen LogP contribution in [0.25, 0.3) is 0 Å². The molecule has 3 rings (SSSR count). The zero-order valence-corrected chi connectivity index (χ0v) is 10.9. The largest absolute Gasteiger partial charge is 0.303 e. The van der Waals surface area contributed by atoms with Gasteiger partial charge < -0.3 is 5.32 Å². The molecule has 0 aliphatic heterocycles. The summed E-state index contributed by atoms with van der Waals surface area (Å²) in [6.45, 7) is 2.13. The molecule has 1 aliphatic carbocycles. The summed E-state index contributed by atoms with van der Waals surface area (Å²) in [4.78, 5) is 0. The van der Waals surface area contributed by atoms with Gasteiger partial charge in [-0.3, -0.25) is 5.10 Å². The molecule has 2 unspecified atom stereocenters. The fraction of sp³-hybridized carbons (Fsp3) is 0.400. The highest BCUT2D eigenvalue weighted by Crippen LogP contribution is 2.42. The topological polar surface area (TPSA) is 40.7 Å². The van der Waals surface area contributed by atoms with Crippen molar-refractivity contribution in [1.82, 2.24) is 15.5 Å². The van der Waals surface area contributed by atoms with Crippen molar-refractivity contribution in [3.05, 3.63) is 53.6 Å². The molecule has 2 atom stereocenters. The standard InChI is InChI=1S/C15H18FN3/c1-10(13-8-17-18-9-13)19-15(11-2-3-11)12-4-6-14(16)7-5-12/h4-11,15,19H,2-3H2,1H3,(H,17,18). The van der Waals surface area contributed by atoms with E-state index in [1.54, 1.807) is 0 Å². The Balaban J connectivity index is 1.76. The van der Waals surface area contributed by atoms with Gasteiger partial charge in [-0.1, -0.05) is 12.1 Å². The quantitative estimate of drug-likeness (QED) is 0.864. The second kappa shape index (κ2) is 5.13. The maximum atomic E-state index is 13.0. The molecule has 0 radical (unpaired) electrons. The first kappa shape index (κ1) is 12.4. The van der Waals surface area contributed by atoms with E-state index >= 15 is 0 Å². The molecule has 0 saturated heterocycles. The number of benzene rings is 1. The molecule has 0 bridgehead atoms. The van der Waals surface area contributed by atoms with E-state index in [0.29, 0.717) is 12.0 Å². The van der Waals surface area contributed by atoms with Crippen molar-refractivity contribution in [2.75, 3.05) is 0 Å². The summed E-state index contributed by atoms with van der Waals surface area (Å²) >= 11 is 0. The number of H-pyrrole nitrogens is 1. The van der Waals surface area contributed by atoms with Gasteiger partial charge in [-0.05, 0) is 43.4 Å². The molecule has 1 aliphatic rings. The highest BCUT2D eigenvalue weighted by molar-refractivity contribution is 5.23. The lowest BCUT2D eigenvalue weighted by Crippen LogP contribution is -2.26. The minimum Gasteiger partial charge on any atom is -0.303 e. The highest BCUT2D eigenvalue weighted by atomic mass is 19.1. The maximum Gasteiger partial charge on any atom is 0.123 e. The Kier molecular flexibility index (Phi) is 3.34. The number of aromatic nitrogens is 2. The monoisotopic (exact) mass is 259 g/mol. The van der Waals surface area contributed by atoms with E-state index in [0.717, 1.165) is 5.56 Å². The summed E-state index contributed by atoms with van der Waals surface area (Å²) in [5, 5.41) is 10.5. The third-order valence-corrected chi connectivity index (χ3v) is 3.77. The second-order valence-electron chi connectivity index (χ2n) is 5.29. The average molecular weight is 259 g/mol. The van der Waals surface area contributed by atoms with Crippen molar-refractivity contribution in [2.45, 2.75) is 31.8 Å². The van der Waals surface area contributed by atoms with Gasteiger partial charge in [0.1, 0.15) is 5.82 Å². The predicted octanol–water partition coefficient (Wildman–Crippen LogP) is 3.35. The fourth-order valence-electron chi connectivity index (χ4n) is 2.47. The zero-order valence-electron chi connectivity index (χ0n) is 10.9. The van der Waals surface area contributed by atoms with Gasteiger partial charge in [0, 0.05) is 23.8 Å². The summed E-state index contributed by atoms with van der Waals surface area (Å²) in [5.74, 6) is 0.487. The third-order valence-electron chi connectivity index (χ3n) is 3.77. The van der Waals surface area contributed by atoms with Crippen LogP contribution >= 0.6 is 0 Å². The Morgan fingerprint density at radius 1 is 1.26 bits per heavy atom. The number of halogens is 1. The summed E-state index contributed by atoms with van der Waals surface area (Å²) in [5.41, 5.74) is 2.31. The third kappa shape index (κ3) is 2.84. The lowest BCUT2D eigenvalue weighted by atomic mass is 10.0. The van der Waals surface area contributed by atoms with Crippen LogP contribution in [-0.4, -0.2) is 10.2 Å².